The highest BCUT2D eigenvalue weighted by Gasteiger charge is 2.24. The Morgan fingerprint density at radius 1 is 1.58 bits per heavy atom. The molecule has 1 aliphatic heterocycles. The second-order valence-electron chi connectivity index (χ2n) is 4.42. The minimum absolute atomic E-state index is 0.112. The van der Waals surface area contributed by atoms with Gasteiger partial charge < -0.3 is 15.5 Å². The number of piperazine rings is 1. The molecule has 0 radical (unpaired) electrons. The number of hydrogen-bond acceptors (Lipinski definition) is 4. The zero-order valence-electron chi connectivity index (χ0n) is 11.0. The van der Waals surface area contributed by atoms with E-state index in [1.807, 2.05) is 0 Å². The maximum atomic E-state index is 12.4. The lowest BCUT2D eigenvalue weighted by Crippen LogP contribution is -2.50. The molecule has 1 saturated heterocycles. The summed E-state index contributed by atoms with van der Waals surface area (Å²) in [5.74, 6) is -0.270. The van der Waals surface area contributed by atoms with Crippen LogP contribution in [0.15, 0.2) is 18.5 Å². The Morgan fingerprint density at radius 3 is 3.16 bits per heavy atom. The normalized spacial score (nSPS) is 15.0. The zero-order chi connectivity index (χ0) is 13.7. The number of amides is 2. The standard InChI is InChI=1S/C13H18N4O2/c1-2-4-15-11-3-5-14-8-10(11)13(19)17-7-6-16-12(18)9-17/h3,5,8H,2,4,6-7,9H2,1H3,(H,14,15)(H,16,18). The van der Waals surface area contributed by atoms with Crippen molar-refractivity contribution in [2.24, 2.45) is 0 Å². The second kappa shape index (κ2) is 6.17. The molecule has 2 amide bonds. The van der Waals surface area contributed by atoms with Crippen molar-refractivity contribution in [2.45, 2.75) is 13.3 Å². The van der Waals surface area contributed by atoms with Crippen LogP contribution >= 0.6 is 0 Å². The van der Waals surface area contributed by atoms with Crippen molar-refractivity contribution in [1.29, 1.82) is 0 Å². The molecular weight excluding hydrogens is 244 g/mol. The summed E-state index contributed by atoms with van der Waals surface area (Å²) >= 11 is 0. The van der Waals surface area contributed by atoms with Crippen molar-refractivity contribution < 1.29 is 9.59 Å². The van der Waals surface area contributed by atoms with Crippen molar-refractivity contribution >= 4 is 17.5 Å². The van der Waals surface area contributed by atoms with Gasteiger partial charge in [0, 0.05) is 32.0 Å². The Hall–Kier alpha value is -2.11. The van der Waals surface area contributed by atoms with Crippen LogP contribution in [-0.2, 0) is 4.79 Å². The molecule has 6 heteroatoms. The summed E-state index contributed by atoms with van der Waals surface area (Å²) < 4.78 is 0. The third-order valence-corrected chi connectivity index (χ3v) is 2.94. The van der Waals surface area contributed by atoms with Crippen LogP contribution in [-0.4, -0.2) is 47.9 Å². The van der Waals surface area contributed by atoms with Crippen LogP contribution in [0.3, 0.4) is 0 Å². The van der Waals surface area contributed by atoms with Gasteiger partial charge in [-0.1, -0.05) is 6.92 Å². The molecule has 0 aliphatic carbocycles. The lowest BCUT2D eigenvalue weighted by Gasteiger charge is -2.27. The summed E-state index contributed by atoms with van der Waals surface area (Å²) in [4.78, 5) is 29.3. The average Bonchev–Trinajstić information content (AvgIpc) is 2.44. The molecular formula is C13H18N4O2. The van der Waals surface area contributed by atoms with Crippen LogP contribution in [0, 0.1) is 0 Å². The largest absolute Gasteiger partial charge is 0.384 e. The molecule has 1 aromatic rings. The van der Waals surface area contributed by atoms with Gasteiger partial charge in [0.1, 0.15) is 0 Å². The first-order valence-corrected chi connectivity index (χ1v) is 6.46. The van der Waals surface area contributed by atoms with E-state index in [1.54, 1.807) is 23.4 Å². The van der Waals surface area contributed by atoms with E-state index in [1.165, 1.54) is 0 Å². The summed E-state index contributed by atoms with van der Waals surface area (Å²) in [7, 11) is 0. The van der Waals surface area contributed by atoms with Gasteiger partial charge in [0.15, 0.2) is 0 Å². The lowest BCUT2D eigenvalue weighted by atomic mass is 10.2. The number of rotatable bonds is 4. The van der Waals surface area contributed by atoms with Gasteiger partial charge in [-0.15, -0.1) is 0 Å². The van der Waals surface area contributed by atoms with E-state index in [9.17, 15) is 9.59 Å². The Bertz CT molecular complexity index is 475. The monoisotopic (exact) mass is 262 g/mol. The fraction of sp³-hybridized carbons (Fsp3) is 0.462. The fourth-order valence-electron chi connectivity index (χ4n) is 1.96. The zero-order valence-corrected chi connectivity index (χ0v) is 11.0. The van der Waals surface area contributed by atoms with Gasteiger partial charge in [-0.05, 0) is 12.5 Å². The summed E-state index contributed by atoms with van der Waals surface area (Å²) in [6.45, 7) is 4.01. The molecule has 0 bridgehead atoms. The maximum absolute atomic E-state index is 12.4. The Morgan fingerprint density at radius 2 is 2.42 bits per heavy atom. The Kier molecular flexibility index (Phi) is 4.33. The summed E-state index contributed by atoms with van der Waals surface area (Å²) in [5, 5.41) is 5.91. The number of anilines is 1. The minimum atomic E-state index is -0.151. The van der Waals surface area contributed by atoms with Gasteiger partial charge in [-0.3, -0.25) is 14.6 Å². The van der Waals surface area contributed by atoms with E-state index in [2.05, 4.69) is 22.5 Å². The molecule has 19 heavy (non-hydrogen) atoms. The maximum Gasteiger partial charge on any atom is 0.258 e. The predicted octanol–water partition coefficient (Wildman–Crippen LogP) is 0.475. The highest BCUT2D eigenvalue weighted by atomic mass is 16.2. The number of pyridine rings is 1. The summed E-state index contributed by atoms with van der Waals surface area (Å²) in [6, 6.07) is 1.78. The molecule has 2 N–H and O–H groups in total. The first kappa shape index (κ1) is 13.3. The van der Waals surface area contributed by atoms with Crippen LogP contribution in [0.4, 0.5) is 5.69 Å². The molecule has 0 aromatic carbocycles. The topological polar surface area (TPSA) is 74.3 Å². The number of aromatic nitrogens is 1. The third kappa shape index (κ3) is 3.21. The molecule has 102 valence electrons. The highest BCUT2D eigenvalue weighted by molar-refractivity contribution is 6.01. The quantitative estimate of drug-likeness (QED) is 0.827. The summed E-state index contributed by atoms with van der Waals surface area (Å²) in [6.07, 6.45) is 4.17. The van der Waals surface area contributed by atoms with Crippen molar-refractivity contribution in [3.63, 3.8) is 0 Å². The molecule has 0 saturated carbocycles. The summed E-state index contributed by atoms with van der Waals surface area (Å²) in [5.41, 5.74) is 1.29. The van der Waals surface area contributed by atoms with Crippen molar-refractivity contribution in [3.8, 4) is 0 Å². The first-order valence-electron chi connectivity index (χ1n) is 6.46. The van der Waals surface area contributed by atoms with Crippen LogP contribution in [0.25, 0.3) is 0 Å². The molecule has 2 heterocycles. The smallest absolute Gasteiger partial charge is 0.258 e. The number of carbonyl (C=O) groups is 2. The number of carbonyl (C=O) groups excluding carboxylic acids is 2. The molecule has 0 spiro atoms. The van der Waals surface area contributed by atoms with Gasteiger partial charge in [0.25, 0.3) is 5.91 Å². The SMILES string of the molecule is CCCNc1ccncc1C(=O)N1CCNC(=O)C1. The average molecular weight is 262 g/mol. The third-order valence-electron chi connectivity index (χ3n) is 2.94. The van der Waals surface area contributed by atoms with Gasteiger partial charge in [-0.2, -0.15) is 0 Å². The number of nitrogens with one attached hydrogen (secondary N) is 2. The Balaban J connectivity index is 2.15. The van der Waals surface area contributed by atoms with E-state index < -0.39 is 0 Å². The molecule has 2 rings (SSSR count). The predicted molar refractivity (Wildman–Crippen MR) is 71.9 cm³/mol. The van der Waals surface area contributed by atoms with Crippen LogP contribution in [0.5, 0.6) is 0 Å². The fourth-order valence-corrected chi connectivity index (χ4v) is 1.96. The first-order chi connectivity index (χ1) is 9.22. The van der Waals surface area contributed by atoms with Gasteiger partial charge in [0.2, 0.25) is 5.91 Å². The van der Waals surface area contributed by atoms with Gasteiger partial charge >= 0.3 is 0 Å². The number of nitrogens with zero attached hydrogens (tertiary/aromatic N) is 2. The second-order valence-corrected chi connectivity index (χ2v) is 4.42. The van der Waals surface area contributed by atoms with Crippen LogP contribution < -0.4 is 10.6 Å². The Labute approximate surface area is 112 Å². The highest BCUT2D eigenvalue weighted by Crippen LogP contribution is 2.16. The van der Waals surface area contributed by atoms with Gasteiger partial charge in [0.05, 0.1) is 17.8 Å². The van der Waals surface area contributed by atoms with Crippen LogP contribution in [0.2, 0.25) is 0 Å². The lowest BCUT2D eigenvalue weighted by molar-refractivity contribution is -0.123. The molecule has 1 fully saturated rings. The van der Waals surface area contributed by atoms with E-state index in [4.69, 9.17) is 0 Å². The molecule has 1 aliphatic rings. The molecule has 0 atom stereocenters. The molecule has 0 unspecified atom stereocenters. The van der Waals surface area contributed by atoms with Crippen molar-refractivity contribution in [2.75, 3.05) is 31.5 Å². The molecule has 1 aromatic heterocycles. The van der Waals surface area contributed by atoms with E-state index in [0.29, 0.717) is 18.7 Å². The van der Waals surface area contributed by atoms with E-state index >= 15 is 0 Å². The van der Waals surface area contributed by atoms with E-state index in [0.717, 1.165) is 18.7 Å². The minimum Gasteiger partial charge on any atom is -0.384 e. The van der Waals surface area contributed by atoms with Crippen molar-refractivity contribution in [1.82, 2.24) is 15.2 Å². The van der Waals surface area contributed by atoms with Crippen molar-refractivity contribution in [3.05, 3.63) is 24.0 Å². The number of hydrogen-bond donors (Lipinski definition) is 2. The molecule has 6 nitrogen and oxygen atoms in total. The van der Waals surface area contributed by atoms with E-state index in [-0.39, 0.29) is 18.4 Å². The van der Waals surface area contributed by atoms with Gasteiger partial charge in [-0.25, -0.2) is 0 Å². The van der Waals surface area contributed by atoms with Crippen LogP contribution in [0.1, 0.15) is 23.7 Å².